The monoisotopic (exact) mass is 192 g/mol. The number of fused-ring (bicyclic) bond motifs is 2. The number of hydrogen-bond acceptors (Lipinski definition) is 2. The van der Waals surface area contributed by atoms with E-state index in [0.29, 0.717) is 0 Å². The molecule has 14 heavy (non-hydrogen) atoms. The van der Waals surface area contributed by atoms with Gasteiger partial charge in [-0.15, -0.1) is 0 Å². The molecule has 1 aliphatic carbocycles. The minimum atomic E-state index is -0.172. The van der Waals surface area contributed by atoms with Crippen LogP contribution in [0.15, 0.2) is 6.20 Å². The average Bonchev–Trinajstić information content (AvgIpc) is 2.78. The van der Waals surface area contributed by atoms with Gasteiger partial charge in [0.15, 0.2) is 0 Å². The second-order valence-electron chi connectivity index (χ2n) is 5.11. The maximum absolute atomic E-state index is 5.95. The van der Waals surface area contributed by atoms with Crippen LogP contribution < -0.4 is 0 Å². The number of rotatable bonds is 0. The molecule has 3 nitrogen and oxygen atoms in total. The molecule has 2 heterocycles. The van der Waals surface area contributed by atoms with Crippen molar-refractivity contribution in [3.8, 4) is 0 Å². The lowest BCUT2D eigenvalue weighted by molar-refractivity contribution is -0.0773. The Labute approximate surface area is 84.1 Å². The van der Waals surface area contributed by atoms with Crippen molar-refractivity contribution in [2.75, 3.05) is 6.61 Å². The molecular formula is C11H16N2O. The zero-order valence-electron chi connectivity index (χ0n) is 9.00. The minimum absolute atomic E-state index is 0.172. The molecule has 3 rings (SSSR count). The topological polar surface area (TPSA) is 27.1 Å². The summed E-state index contributed by atoms with van der Waals surface area (Å²) in [5, 5.41) is 4.50. The van der Waals surface area contributed by atoms with Crippen molar-refractivity contribution in [2.24, 2.45) is 0 Å². The zero-order chi connectivity index (χ0) is 9.97. The van der Waals surface area contributed by atoms with Crippen LogP contribution in [0.25, 0.3) is 0 Å². The molecule has 1 fully saturated rings. The van der Waals surface area contributed by atoms with E-state index in [1.54, 1.807) is 0 Å². The molecule has 76 valence electrons. The molecule has 1 aromatic heterocycles. The fraction of sp³-hybridized carbons (Fsp3) is 0.727. The lowest BCUT2D eigenvalue weighted by atomic mass is 9.98. The van der Waals surface area contributed by atoms with E-state index in [-0.39, 0.29) is 11.1 Å². The number of hydrogen-bond donors (Lipinski definition) is 0. The third-order valence-corrected chi connectivity index (χ3v) is 3.50. The van der Waals surface area contributed by atoms with Crippen molar-refractivity contribution in [1.29, 1.82) is 0 Å². The quantitative estimate of drug-likeness (QED) is 0.628. The number of aryl methyl sites for hydroxylation is 1. The first-order valence-electron chi connectivity index (χ1n) is 5.25. The predicted octanol–water partition coefficient (Wildman–Crippen LogP) is 1.95. The largest absolute Gasteiger partial charge is 0.367 e. The molecule has 0 radical (unpaired) electrons. The first kappa shape index (κ1) is 8.48. The molecule has 0 aromatic carbocycles. The SMILES string of the molecule is Cc1cnn2c1C(C)(C)OCC21CC1. The smallest absolute Gasteiger partial charge is 0.104 e. The van der Waals surface area contributed by atoms with Crippen molar-refractivity contribution in [3.05, 3.63) is 17.5 Å². The highest BCUT2D eigenvalue weighted by Gasteiger charge is 2.53. The van der Waals surface area contributed by atoms with Crippen LogP contribution in [0.5, 0.6) is 0 Å². The van der Waals surface area contributed by atoms with Gasteiger partial charge in [-0.2, -0.15) is 5.10 Å². The van der Waals surface area contributed by atoms with Crippen molar-refractivity contribution >= 4 is 0 Å². The maximum atomic E-state index is 5.95. The van der Waals surface area contributed by atoms with Crippen LogP contribution in [0.3, 0.4) is 0 Å². The average molecular weight is 192 g/mol. The highest BCUT2D eigenvalue weighted by Crippen LogP contribution is 2.50. The first-order chi connectivity index (χ1) is 6.55. The van der Waals surface area contributed by atoms with E-state index < -0.39 is 0 Å². The second-order valence-corrected chi connectivity index (χ2v) is 5.11. The molecule has 2 aliphatic rings. The van der Waals surface area contributed by atoms with Gasteiger partial charge in [-0.05, 0) is 39.2 Å². The Morgan fingerprint density at radius 3 is 2.79 bits per heavy atom. The Morgan fingerprint density at radius 1 is 1.43 bits per heavy atom. The van der Waals surface area contributed by atoms with E-state index in [1.807, 2.05) is 6.20 Å². The number of aromatic nitrogens is 2. The Balaban J connectivity index is 2.22. The van der Waals surface area contributed by atoms with E-state index in [4.69, 9.17) is 4.74 Å². The molecule has 0 atom stereocenters. The van der Waals surface area contributed by atoms with Crippen LogP contribution in [-0.2, 0) is 15.9 Å². The molecule has 0 N–H and O–H groups in total. The van der Waals surface area contributed by atoms with Crippen LogP contribution in [0, 0.1) is 6.92 Å². The minimum Gasteiger partial charge on any atom is -0.367 e. The van der Waals surface area contributed by atoms with Gasteiger partial charge in [0.2, 0.25) is 0 Å². The Bertz CT molecular complexity index is 388. The molecule has 0 bridgehead atoms. The van der Waals surface area contributed by atoms with Crippen LogP contribution in [-0.4, -0.2) is 16.4 Å². The molecule has 0 unspecified atom stereocenters. The third-order valence-electron chi connectivity index (χ3n) is 3.50. The summed E-state index contributed by atoms with van der Waals surface area (Å²) in [4.78, 5) is 0. The molecule has 1 saturated carbocycles. The van der Waals surface area contributed by atoms with Crippen LogP contribution in [0.2, 0.25) is 0 Å². The molecule has 1 aromatic rings. The summed E-state index contributed by atoms with van der Waals surface area (Å²) >= 11 is 0. The van der Waals surface area contributed by atoms with E-state index in [9.17, 15) is 0 Å². The van der Waals surface area contributed by atoms with Crippen LogP contribution in [0.4, 0.5) is 0 Å². The molecule has 0 saturated heterocycles. The summed E-state index contributed by atoms with van der Waals surface area (Å²) in [6.07, 6.45) is 4.40. The fourth-order valence-corrected chi connectivity index (χ4v) is 2.46. The van der Waals surface area contributed by atoms with Crippen molar-refractivity contribution in [1.82, 2.24) is 9.78 Å². The Hall–Kier alpha value is -0.830. The fourth-order valence-electron chi connectivity index (χ4n) is 2.46. The summed E-state index contributed by atoms with van der Waals surface area (Å²) in [5.41, 5.74) is 2.57. The molecular weight excluding hydrogens is 176 g/mol. The van der Waals surface area contributed by atoms with E-state index >= 15 is 0 Å². The number of nitrogens with zero attached hydrogens (tertiary/aromatic N) is 2. The molecule has 0 amide bonds. The third kappa shape index (κ3) is 0.883. The molecule has 3 heteroatoms. The standard InChI is InChI=1S/C11H16N2O/c1-8-6-12-13-9(8)10(2,3)14-7-11(13)4-5-11/h6H,4-5,7H2,1-3H3. The predicted molar refractivity (Wildman–Crippen MR) is 53.2 cm³/mol. The van der Waals surface area contributed by atoms with E-state index in [0.717, 1.165) is 6.61 Å². The van der Waals surface area contributed by atoms with Crippen molar-refractivity contribution < 1.29 is 4.74 Å². The van der Waals surface area contributed by atoms with Crippen LogP contribution >= 0.6 is 0 Å². The number of ether oxygens (including phenoxy) is 1. The van der Waals surface area contributed by atoms with Gasteiger partial charge in [-0.1, -0.05) is 0 Å². The summed E-state index contributed by atoms with van der Waals surface area (Å²) in [5.74, 6) is 0. The lowest BCUT2D eigenvalue weighted by Crippen LogP contribution is -2.41. The van der Waals surface area contributed by atoms with E-state index in [1.165, 1.54) is 24.1 Å². The maximum Gasteiger partial charge on any atom is 0.104 e. The van der Waals surface area contributed by atoms with Gasteiger partial charge in [-0.25, -0.2) is 0 Å². The Morgan fingerprint density at radius 2 is 2.14 bits per heavy atom. The van der Waals surface area contributed by atoms with Gasteiger partial charge in [0, 0.05) is 0 Å². The zero-order valence-corrected chi connectivity index (χ0v) is 9.00. The molecule has 1 aliphatic heterocycles. The second kappa shape index (κ2) is 2.22. The summed E-state index contributed by atoms with van der Waals surface area (Å²) < 4.78 is 8.16. The Kier molecular flexibility index (Phi) is 1.34. The van der Waals surface area contributed by atoms with Gasteiger partial charge in [0.1, 0.15) is 5.60 Å². The van der Waals surface area contributed by atoms with Crippen LogP contribution in [0.1, 0.15) is 37.9 Å². The lowest BCUT2D eigenvalue weighted by Gasteiger charge is -2.37. The van der Waals surface area contributed by atoms with Gasteiger partial charge >= 0.3 is 0 Å². The van der Waals surface area contributed by atoms with Gasteiger partial charge in [-0.3, -0.25) is 4.68 Å². The first-order valence-corrected chi connectivity index (χ1v) is 5.25. The van der Waals surface area contributed by atoms with Gasteiger partial charge in [0.25, 0.3) is 0 Å². The summed E-state index contributed by atoms with van der Waals surface area (Å²) in [6, 6.07) is 0. The van der Waals surface area contributed by atoms with Crippen molar-refractivity contribution in [2.45, 2.75) is 44.8 Å². The van der Waals surface area contributed by atoms with Gasteiger partial charge in [0.05, 0.1) is 24.0 Å². The summed E-state index contributed by atoms with van der Waals surface area (Å²) in [6.45, 7) is 7.20. The highest BCUT2D eigenvalue weighted by atomic mass is 16.5. The summed E-state index contributed by atoms with van der Waals surface area (Å²) in [7, 11) is 0. The normalized spacial score (nSPS) is 26.2. The van der Waals surface area contributed by atoms with Crippen molar-refractivity contribution in [3.63, 3.8) is 0 Å². The molecule has 1 spiro atoms. The van der Waals surface area contributed by atoms with Gasteiger partial charge < -0.3 is 4.74 Å². The van der Waals surface area contributed by atoms with E-state index in [2.05, 4.69) is 30.6 Å². The highest BCUT2D eigenvalue weighted by molar-refractivity contribution is 5.27.